The van der Waals surface area contributed by atoms with Crippen molar-refractivity contribution in [3.63, 3.8) is 0 Å². The number of nitrogens with one attached hydrogen (secondary N) is 1. The summed E-state index contributed by atoms with van der Waals surface area (Å²) in [5.74, 6) is -0.767. The number of benzene rings is 2. The van der Waals surface area contributed by atoms with Crippen molar-refractivity contribution in [1.29, 1.82) is 0 Å². The number of rotatable bonds is 7. The first kappa shape index (κ1) is 21.6. The summed E-state index contributed by atoms with van der Waals surface area (Å²) in [4.78, 5) is 22.5. The first-order chi connectivity index (χ1) is 13.1. The predicted molar refractivity (Wildman–Crippen MR) is 107 cm³/mol. The van der Waals surface area contributed by atoms with Crippen LogP contribution >= 0.6 is 23.2 Å². The molecule has 28 heavy (non-hydrogen) atoms. The highest BCUT2D eigenvalue weighted by molar-refractivity contribution is 7.92. The van der Waals surface area contributed by atoms with E-state index in [4.69, 9.17) is 23.2 Å². The minimum atomic E-state index is -3.83. The van der Waals surface area contributed by atoms with E-state index in [0.717, 1.165) is 16.8 Å². The van der Waals surface area contributed by atoms with Crippen LogP contribution in [-0.4, -0.2) is 38.3 Å². The summed E-state index contributed by atoms with van der Waals surface area (Å²) in [6, 6.07) is 9.92. The smallest absolute Gasteiger partial charge is 0.271 e. The van der Waals surface area contributed by atoms with Crippen LogP contribution in [0.3, 0.4) is 0 Å². The molecule has 9 nitrogen and oxygen atoms in total. The Morgan fingerprint density at radius 3 is 2.43 bits per heavy atom. The third kappa shape index (κ3) is 5.91. The molecule has 0 bridgehead atoms. The van der Waals surface area contributed by atoms with E-state index < -0.39 is 27.4 Å². The maximum Gasteiger partial charge on any atom is 0.278 e. The number of sulfonamides is 1. The number of nitro benzene ring substituents is 1. The van der Waals surface area contributed by atoms with Crippen molar-refractivity contribution in [1.82, 2.24) is 5.43 Å². The fraction of sp³-hybridized carbons (Fsp3) is 0.125. The van der Waals surface area contributed by atoms with Gasteiger partial charge in [0.15, 0.2) is 0 Å². The van der Waals surface area contributed by atoms with Gasteiger partial charge in [0.2, 0.25) is 10.0 Å². The Labute approximate surface area is 170 Å². The van der Waals surface area contributed by atoms with Crippen molar-refractivity contribution >= 4 is 56.7 Å². The monoisotopic (exact) mass is 444 g/mol. The molecule has 1 N–H and O–H groups in total. The molecule has 0 aliphatic carbocycles. The standard InChI is InChI=1S/C16H14Cl2N4O5S/c1-28(26,27)21(14-7-12(17)6-13(18)8-14)10-16(23)20-19-9-11-4-2-3-5-15(11)22(24)25/h2-9H,10H2,1H3,(H,20,23)/b19-9-. The van der Waals surface area contributed by atoms with Crippen LogP contribution in [0.2, 0.25) is 10.0 Å². The molecule has 0 atom stereocenters. The third-order valence-corrected chi connectivity index (χ3v) is 4.93. The number of para-hydroxylation sites is 1. The lowest BCUT2D eigenvalue weighted by Gasteiger charge is -2.21. The maximum absolute atomic E-state index is 12.1. The molecule has 148 valence electrons. The number of hydrogen-bond acceptors (Lipinski definition) is 6. The van der Waals surface area contributed by atoms with Gasteiger partial charge in [-0.1, -0.05) is 35.3 Å². The number of halogens is 2. The number of nitro groups is 1. The van der Waals surface area contributed by atoms with Gasteiger partial charge in [-0.2, -0.15) is 5.10 Å². The second kappa shape index (κ2) is 9.00. The van der Waals surface area contributed by atoms with Crippen LogP contribution in [0.25, 0.3) is 0 Å². The summed E-state index contributed by atoms with van der Waals surface area (Å²) in [5, 5.41) is 15.0. The van der Waals surface area contributed by atoms with E-state index >= 15 is 0 Å². The summed E-state index contributed by atoms with van der Waals surface area (Å²) < 4.78 is 24.9. The summed E-state index contributed by atoms with van der Waals surface area (Å²) in [6.45, 7) is -0.594. The summed E-state index contributed by atoms with van der Waals surface area (Å²) in [6.07, 6.45) is 2.02. The minimum Gasteiger partial charge on any atom is -0.271 e. The predicted octanol–water partition coefficient (Wildman–Crippen LogP) is 2.82. The van der Waals surface area contributed by atoms with Crippen molar-refractivity contribution in [2.75, 3.05) is 17.1 Å². The Balaban J connectivity index is 2.16. The number of hydrazone groups is 1. The van der Waals surface area contributed by atoms with E-state index in [1.54, 1.807) is 6.07 Å². The van der Waals surface area contributed by atoms with Crippen molar-refractivity contribution < 1.29 is 18.1 Å². The largest absolute Gasteiger partial charge is 0.278 e. The Morgan fingerprint density at radius 1 is 1.25 bits per heavy atom. The summed E-state index contributed by atoms with van der Waals surface area (Å²) in [7, 11) is -3.83. The lowest BCUT2D eigenvalue weighted by molar-refractivity contribution is -0.385. The number of carbonyl (C=O) groups is 1. The first-order valence-corrected chi connectivity index (χ1v) is 10.2. The molecule has 0 unspecified atom stereocenters. The van der Waals surface area contributed by atoms with Crippen molar-refractivity contribution in [2.24, 2.45) is 5.10 Å². The molecule has 1 amide bonds. The molecule has 0 saturated carbocycles. The first-order valence-electron chi connectivity index (χ1n) is 7.57. The van der Waals surface area contributed by atoms with Crippen LogP contribution in [0.1, 0.15) is 5.56 Å². The molecule has 2 aromatic rings. The van der Waals surface area contributed by atoms with Gasteiger partial charge in [0.05, 0.1) is 28.6 Å². The zero-order chi connectivity index (χ0) is 20.9. The zero-order valence-electron chi connectivity index (χ0n) is 14.4. The van der Waals surface area contributed by atoms with Crippen LogP contribution in [0.5, 0.6) is 0 Å². The number of amides is 1. The second-order valence-corrected chi connectivity index (χ2v) is 8.29. The molecule has 0 fully saturated rings. The van der Waals surface area contributed by atoms with Gasteiger partial charge in [0.1, 0.15) is 6.54 Å². The zero-order valence-corrected chi connectivity index (χ0v) is 16.7. The van der Waals surface area contributed by atoms with Gasteiger partial charge in [-0.15, -0.1) is 0 Å². The maximum atomic E-state index is 12.1. The van der Waals surface area contributed by atoms with E-state index in [2.05, 4.69) is 10.5 Å². The van der Waals surface area contributed by atoms with E-state index in [1.807, 2.05) is 0 Å². The normalized spacial score (nSPS) is 11.4. The molecule has 0 heterocycles. The third-order valence-electron chi connectivity index (χ3n) is 3.35. The van der Waals surface area contributed by atoms with Gasteiger partial charge in [0, 0.05) is 16.1 Å². The van der Waals surface area contributed by atoms with Crippen LogP contribution in [-0.2, 0) is 14.8 Å². The Bertz CT molecular complexity index is 1020. The lowest BCUT2D eigenvalue weighted by atomic mass is 10.2. The topological polar surface area (TPSA) is 122 Å². The highest BCUT2D eigenvalue weighted by atomic mass is 35.5. The molecule has 0 aromatic heterocycles. The molecular weight excluding hydrogens is 431 g/mol. The van der Waals surface area contributed by atoms with Gasteiger partial charge >= 0.3 is 0 Å². The van der Waals surface area contributed by atoms with Crippen molar-refractivity contribution in [3.8, 4) is 0 Å². The number of hydrogen-bond donors (Lipinski definition) is 1. The number of nitrogens with zero attached hydrogens (tertiary/aromatic N) is 3. The van der Waals surface area contributed by atoms with Gasteiger partial charge in [-0.3, -0.25) is 19.2 Å². The summed E-state index contributed by atoms with van der Waals surface area (Å²) >= 11 is 11.8. The van der Waals surface area contributed by atoms with E-state index in [-0.39, 0.29) is 27.0 Å². The molecule has 0 saturated heterocycles. The second-order valence-electron chi connectivity index (χ2n) is 5.51. The highest BCUT2D eigenvalue weighted by Crippen LogP contribution is 2.26. The Morgan fingerprint density at radius 2 is 1.86 bits per heavy atom. The average Bonchev–Trinajstić information content (AvgIpc) is 2.58. The number of anilines is 1. The highest BCUT2D eigenvalue weighted by Gasteiger charge is 2.21. The number of carbonyl (C=O) groups excluding carboxylic acids is 1. The fourth-order valence-corrected chi connectivity index (χ4v) is 3.54. The van der Waals surface area contributed by atoms with Gasteiger partial charge in [-0.25, -0.2) is 13.8 Å². The molecule has 0 aliphatic heterocycles. The molecule has 2 aromatic carbocycles. The molecule has 12 heteroatoms. The van der Waals surface area contributed by atoms with E-state index in [9.17, 15) is 23.3 Å². The van der Waals surface area contributed by atoms with Gasteiger partial charge in [-0.05, 0) is 24.3 Å². The van der Waals surface area contributed by atoms with Crippen molar-refractivity contribution in [3.05, 3.63) is 68.2 Å². The van der Waals surface area contributed by atoms with Crippen LogP contribution in [0, 0.1) is 10.1 Å². The Kier molecular flexibility index (Phi) is 6.95. The van der Waals surface area contributed by atoms with Crippen LogP contribution in [0.4, 0.5) is 11.4 Å². The van der Waals surface area contributed by atoms with E-state index in [0.29, 0.717) is 0 Å². The fourth-order valence-electron chi connectivity index (χ4n) is 2.19. The van der Waals surface area contributed by atoms with Gasteiger partial charge in [0.25, 0.3) is 11.6 Å². The molecule has 0 radical (unpaired) electrons. The minimum absolute atomic E-state index is 0.109. The van der Waals surface area contributed by atoms with Gasteiger partial charge < -0.3 is 0 Å². The van der Waals surface area contributed by atoms with E-state index in [1.165, 1.54) is 36.4 Å². The average molecular weight is 445 g/mol. The SMILES string of the molecule is CS(=O)(=O)N(CC(=O)N/N=C\c1ccccc1[N+](=O)[O-])c1cc(Cl)cc(Cl)c1. The van der Waals surface area contributed by atoms with Crippen LogP contribution in [0.15, 0.2) is 47.6 Å². The summed E-state index contributed by atoms with van der Waals surface area (Å²) in [5.41, 5.74) is 2.23. The molecule has 0 aliphatic rings. The van der Waals surface area contributed by atoms with Crippen molar-refractivity contribution in [2.45, 2.75) is 0 Å². The quantitative estimate of drug-likeness (QED) is 0.399. The lowest BCUT2D eigenvalue weighted by Crippen LogP contribution is -2.39. The molecule has 2 rings (SSSR count). The molecular formula is C16H14Cl2N4O5S. The Hall–Kier alpha value is -2.69. The van der Waals surface area contributed by atoms with Crippen LogP contribution < -0.4 is 9.73 Å². The molecule has 0 spiro atoms.